The van der Waals surface area contributed by atoms with Crippen molar-refractivity contribution in [2.24, 2.45) is 5.41 Å². The molecule has 33 heavy (non-hydrogen) atoms. The van der Waals surface area contributed by atoms with E-state index in [-0.39, 0.29) is 11.0 Å². The van der Waals surface area contributed by atoms with Crippen LogP contribution in [0.2, 0.25) is 5.02 Å². The Kier molecular flexibility index (Phi) is 6.08. The molecule has 9 heteroatoms. The normalized spacial score (nSPS) is 16.3. The fraction of sp³-hybridized carbons (Fsp3) is 0.417. The van der Waals surface area contributed by atoms with Crippen LogP contribution in [0.5, 0.6) is 0 Å². The number of hydrogen-bond acceptors (Lipinski definition) is 2. The molecule has 1 saturated carbocycles. The Hall–Kier alpha value is -2.03. The fourth-order valence-corrected chi connectivity index (χ4v) is 5.78. The Morgan fingerprint density at radius 1 is 1.12 bits per heavy atom. The number of nitrogens with one attached hydrogen (secondary N) is 1. The minimum atomic E-state index is -4.79. The van der Waals surface area contributed by atoms with Gasteiger partial charge in [-0.3, -0.25) is 0 Å². The maximum absolute atomic E-state index is 14.1. The van der Waals surface area contributed by atoms with E-state index in [0.29, 0.717) is 35.3 Å². The Balaban J connectivity index is 1.89. The van der Waals surface area contributed by atoms with Gasteiger partial charge in [-0.05, 0) is 36.0 Å². The quantitative estimate of drug-likeness (QED) is 0.411. The molecule has 0 saturated heterocycles. The van der Waals surface area contributed by atoms with Gasteiger partial charge >= 0.3 is 6.18 Å². The van der Waals surface area contributed by atoms with Crippen molar-refractivity contribution < 1.29 is 21.6 Å². The first-order valence-corrected chi connectivity index (χ1v) is 12.6. The van der Waals surface area contributed by atoms with E-state index in [1.165, 1.54) is 6.20 Å². The zero-order valence-electron chi connectivity index (χ0n) is 18.6. The van der Waals surface area contributed by atoms with Crippen molar-refractivity contribution in [3.63, 3.8) is 0 Å². The molecule has 1 heterocycles. The molecule has 0 spiro atoms. The highest BCUT2D eigenvalue weighted by molar-refractivity contribution is 7.90. The van der Waals surface area contributed by atoms with E-state index in [0.717, 1.165) is 11.1 Å². The number of hydrogen-bond donors (Lipinski definition) is 1. The molecule has 1 aliphatic carbocycles. The molecule has 1 N–H and O–H groups in total. The fourth-order valence-electron chi connectivity index (χ4n) is 4.00. The summed E-state index contributed by atoms with van der Waals surface area (Å²) < 4.78 is 71.0. The molecule has 3 aromatic rings. The summed E-state index contributed by atoms with van der Waals surface area (Å²) in [7, 11) is -4.07. The van der Waals surface area contributed by atoms with E-state index in [1.807, 2.05) is 49.8 Å². The van der Waals surface area contributed by atoms with Crippen LogP contribution in [0.1, 0.15) is 45.2 Å². The molecule has 0 bridgehead atoms. The highest BCUT2D eigenvalue weighted by atomic mass is 35.5. The number of alkyl halides is 3. The smallest absolute Gasteiger partial charge is 0.347 e. The number of rotatable bonds is 6. The summed E-state index contributed by atoms with van der Waals surface area (Å²) in [6, 6.07) is 10.1. The summed E-state index contributed by atoms with van der Waals surface area (Å²) in [4.78, 5) is 0. The number of halogens is 4. The van der Waals surface area contributed by atoms with E-state index in [4.69, 9.17) is 11.6 Å². The number of sulfonamides is 1. The summed E-state index contributed by atoms with van der Waals surface area (Å²) >= 11 is 6.35. The van der Waals surface area contributed by atoms with Crippen molar-refractivity contribution in [3.05, 3.63) is 59.2 Å². The van der Waals surface area contributed by atoms with Crippen LogP contribution in [0.15, 0.2) is 48.7 Å². The van der Waals surface area contributed by atoms with Crippen LogP contribution in [0.25, 0.3) is 22.0 Å². The van der Waals surface area contributed by atoms with Gasteiger partial charge < -0.3 is 4.57 Å². The lowest BCUT2D eigenvalue weighted by molar-refractivity contribution is -0.152. The number of aromatic nitrogens is 1. The van der Waals surface area contributed by atoms with Gasteiger partial charge in [-0.15, -0.1) is 0 Å². The second kappa shape index (κ2) is 8.32. The van der Waals surface area contributed by atoms with E-state index < -0.39 is 27.5 Å². The van der Waals surface area contributed by atoms with Crippen molar-refractivity contribution >= 4 is 32.5 Å². The lowest BCUT2D eigenvalue weighted by atomic mass is 9.96. The Bertz CT molecular complexity index is 1290. The molecule has 1 fully saturated rings. The van der Waals surface area contributed by atoms with Crippen LogP contribution in [0.3, 0.4) is 0 Å². The van der Waals surface area contributed by atoms with Crippen LogP contribution in [0.4, 0.5) is 13.2 Å². The molecule has 1 aliphatic rings. The second-order valence-corrected chi connectivity index (χ2v) is 12.2. The summed E-state index contributed by atoms with van der Waals surface area (Å²) in [6.45, 7) is 6.43. The Morgan fingerprint density at radius 2 is 1.79 bits per heavy atom. The monoisotopic (exact) mass is 498 g/mol. The van der Waals surface area contributed by atoms with Crippen LogP contribution < -0.4 is 4.72 Å². The standard InChI is InChI=1S/C24H26ClF3N2O2S/c1-23(2,3)14-30-13-19(22(24(26,27)28)29-33(31,32)16-9-10-16)18-11-8-15(12-21(18)30)17-6-4-5-7-20(17)25/h4-8,11-13,16,22,29H,9-10,14H2,1-3H3/t22-/m0/s1. The zero-order chi connectivity index (χ0) is 24.2. The number of nitrogens with zero attached hydrogens (tertiary/aromatic N) is 1. The molecule has 4 rings (SSSR count). The molecule has 178 valence electrons. The summed E-state index contributed by atoms with van der Waals surface area (Å²) in [5.41, 5.74) is 1.82. The van der Waals surface area contributed by atoms with Gasteiger partial charge in [0.2, 0.25) is 10.0 Å². The first-order valence-electron chi connectivity index (χ1n) is 10.7. The van der Waals surface area contributed by atoms with Gasteiger partial charge in [0.25, 0.3) is 0 Å². The highest BCUT2D eigenvalue weighted by Gasteiger charge is 2.47. The average molecular weight is 499 g/mol. The molecular formula is C24H26ClF3N2O2S. The van der Waals surface area contributed by atoms with Gasteiger partial charge in [-0.25, -0.2) is 8.42 Å². The van der Waals surface area contributed by atoms with Crippen LogP contribution in [0, 0.1) is 5.41 Å². The topological polar surface area (TPSA) is 51.1 Å². The molecule has 0 aliphatic heterocycles. The van der Waals surface area contributed by atoms with E-state index in [1.54, 1.807) is 22.8 Å². The lowest BCUT2D eigenvalue weighted by Crippen LogP contribution is -2.39. The second-order valence-electron chi connectivity index (χ2n) is 9.82. The third-order valence-electron chi connectivity index (χ3n) is 5.63. The summed E-state index contributed by atoms with van der Waals surface area (Å²) in [5.74, 6) is 0. The molecule has 2 aromatic carbocycles. The number of fused-ring (bicyclic) bond motifs is 1. The molecule has 4 nitrogen and oxygen atoms in total. The average Bonchev–Trinajstić information content (AvgIpc) is 3.50. The van der Waals surface area contributed by atoms with E-state index in [9.17, 15) is 21.6 Å². The minimum absolute atomic E-state index is 0.100. The maximum Gasteiger partial charge on any atom is 0.408 e. The van der Waals surface area contributed by atoms with Crippen LogP contribution in [-0.4, -0.2) is 24.4 Å². The largest absolute Gasteiger partial charge is 0.408 e. The van der Waals surface area contributed by atoms with Crippen molar-refractivity contribution in [2.75, 3.05) is 0 Å². The van der Waals surface area contributed by atoms with Gasteiger partial charge in [0.15, 0.2) is 0 Å². The zero-order valence-corrected chi connectivity index (χ0v) is 20.2. The Morgan fingerprint density at radius 3 is 2.36 bits per heavy atom. The van der Waals surface area contributed by atoms with Crippen molar-refractivity contribution in [3.8, 4) is 11.1 Å². The molecule has 1 atom stereocenters. The van der Waals surface area contributed by atoms with Crippen molar-refractivity contribution in [1.82, 2.24) is 9.29 Å². The van der Waals surface area contributed by atoms with E-state index in [2.05, 4.69) is 0 Å². The van der Waals surface area contributed by atoms with Crippen molar-refractivity contribution in [1.29, 1.82) is 0 Å². The van der Waals surface area contributed by atoms with Gasteiger partial charge in [0.1, 0.15) is 6.04 Å². The third kappa shape index (κ3) is 5.23. The van der Waals surface area contributed by atoms with Gasteiger partial charge in [0.05, 0.1) is 5.25 Å². The summed E-state index contributed by atoms with van der Waals surface area (Å²) in [6.07, 6.45) is -2.59. The molecule has 0 radical (unpaired) electrons. The highest BCUT2D eigenvalue weighted by Crippen LogP contribution is 2.41. The lowest BCUT2D eigenvalue weighted by Gasteiger charge is -2.22. The van der Waals surface area contributed by atoms with Gasteiger partial charge in [-0.1, -0.05) is 62.7 Å². The van der Waals surface area contributed by atoms with Crippen LogP contribution in [-0.2, 0) is 16.6 Å². The summed E-state index contributed by atoms with van der Waals surface area (Å²) in [5, 5.41) is 0.143. The molecule has 1 aromatic heterocycles. The van der Waals surface area contributed by atoms with Crippen molar-refractivity contribution in [2.45, 2.75) is 57.6 Å². The SMILES string of the molecule is CC(C)(C)Cn1cc([C@H](NS(=O)(=O)C2CC2)C(F)(F)F)c2ccc(-c3ccccc3Cl)cc21. The van der Waals surface area contributed by atoms with Gasteiger partial charge in [-0.2, -0.15) is 17.9 Å². The molecule has 0 amide bonds. The van der Waals surface area contributed by atoms with E-state index >= 15 is 0 Å². The predicted octanol–water partition coefficient (Wildman–Crippen LogP) is 6.69. The number of benzene rings is 2. The Labute approximate surface area is 196 Å². The van der Waals surface area contributed by atoms with Gasteiger partial charge in [0, 0.05) is 39.8 Å². The molecular weight excluding hydrogens is 473 g/mol. The predicted molar refractivity (Wildman–Crippen MR) is 126 cm³/mol. The first kappa shape index (κ1) is 24.1. The maximum atomic E-state index is 14.1. The minimum Gasteiger partial charge on any atom is -0.347 e. The first-order chi connectivity index (χ1) is 15.3. The molecule has 0 unspecified atom stereocenters. The third-order valence-corrected chi connectivity index (χ3v) is 7.87. The van der Waals surface area contributed by atoms with Crippen LogP contribution >= 0.6 is 11.6 Å².